The molecule has 3 nitrogen and oxygen atoms in total. The second-order valence-electron chi connectivity index (χ2n) is 1.62. The third kappa shape index (κ3) is 9.23. The molecule has 2 N–H and O–H groups in total. The first kappa shape index (κ1) is 10.2. The molecule has 0 aromatic heterocycles. The van der Waals surface area contributed by atoms with E-state index in [1.54, 1.807) is 0 Å². The lowest BCUT2D eigenvalue weighted by Gasteiger charge is -1.80. The van der Waals surface area contributed by atoms with E-state index >= 15 is 0 Å². The predicted octanol–water partition coefficient (Wildman–Crippen LogP) is -0.793. The molecule has 0 unspecified atom stereocenters. The van der Waals surface area contributed by atoms with Crippen molar-refractivity contribution in [1.29, 1.82) is 0 Å². The van der Waals surface area contributed by atoms with E-state index in [4.69, 9.17) is 10.0 Å². The molecule has 0 heterocycles. The van der Waals surface area contributed by atoms with Crippen LogP contribution in [0.25, 0.3) is 0 Å². The van der Waals surface area contributed by atoms with Crippen molar-refractivity contribution >= 4 is 15.4 Å². The molecule has 0 saturated carbocycles. The molecule has 0 aliphatic rings. The monoisotopic (exact) mass is 152 g/mol. The minimum atomic E-state index is -0.406. The summed E-state index contributed by atoms with van der Waals surface area (Å²) in [6.45, 7) is 0. The summed E-state index contributed by atoms with van der Waals surface area (Å²) in [4.78, 5) is 0. The maximum atomic E-state index is 7.68. The Labute approximate surface area is 67.3 Å². The molecule has 0 amide bonds. The van der Waals surface area contributed by atoms with Crippen LogP contribution in [0.4, 0.5) is 0 Å². The molecule has 0 bridgehead atoms. The fourth-order valence-electron chi connectivity index (χ4n) is 0.426. The fourth-order valence-corrected chi connectivity index (χ4v) is 0.426. The molecule has 0 spiro atoms. The van der Waals surface area contributed by atoms with Gasteiger partial charge in [0.2, 0.25) is 0 Å². The summed E-state index contributed by atoms with van der Waals surface area (Å²) >= 11 is 0. The van der Waals surface area contributed by atoms with Gasteiger partial charge in [0.1, 0.15) is 0 Å². The van der Waals surface area contributed by atoms with Crippen LogP contribution >= 0.6 is 0 Å². The van der Waals surface area contributed by atoms with Gasteiger partial charge in [-0.05, 0) is 0 Å². The standard InChI is InChI=1S/C6H6.B2H4O3/c1-2-4-6-5-3-1;3-1-5-2-4/h1-6H;1-4H. The van der Waals surface area contributed by atoms with E-state index in [1.165, 1.54) is 0 Å². The van der Waals surface area contributed by atoms with Crippen molar-refractivity contribution in [3.63, 3.8) is 0 Å². The Morgan fingerprint density at radius 1 is 0.727 bits per heavy atom. The smallest absolute Gasteiger partial charge is 0.421 e. The normalized spacial score (nSPS) is 7.45. The average Bonchev–Trinajstić information content (AvgIpc) is 2.10. The first-order valence-electron chi connectivity index (χ1n) is 3.21. The molecular formula is C6H10B2O3. The summed E-state index contributed by atoms with van der Waals surface area (Å²) in [6.07, 6.45) is 0. The van der Waals surface area contributed by atoms with Crippen LogP contribution in [-0.2, 0) is 4.57 Å². The van der Waals surface area contributed by atoms with E-state index < -0.39 is 15.4 Å². The largest absolute Gasteiger partial charge is 0.457 e. The van der Waals surface area contributed by atoms with Gasteiger partial charge in [-0.25, -0.2) is 0 Å². The third-order valence-corrected chi connectivity index (χ3v) is 0.849. The van der Waals surface area contributed by atoms with Crippen LogP contribution in [0.15, 0.2) is 36.4 Å². The number of hydrogen-bond donors (Lipinski definition) is 2. The van der Waals surface area contributed by atoms with Crippen molar-refractivity contribution in [1.82, 2.24) is 0 Å². The van der Waals surface area contributed by atoms with Gasteiger partial charge in [-0.3, -0.25) is 0 Å². The molecule has 0 aliphatic carbocycles. The molecule has 0 aliphatic heterocycles. The average molecular weight is 152 g/mol. The molecule has 0 fully saturated rings. The highest BCUT2D eigenvalue weighted by Gasteiger charge is 1.77. The number of hydrogen-bond acceptors (Lipinski definition) is 3. The molecular weight excluding hydrogens is 142 g/mol. The second-order valence-corrected chi connectivity index (χ2v) is 1.62. The number of rotatable bonds is 2. The Hall–Kier alpha value is -0.770. The molecule has 0 saturated heterocycles. The summed E-state index contributed by atoms with van der Waals surface area (Å²) in [5.74, 6) is 0. The minimum Gasteiger partial charge on any atom is -0.457 e. The Balaban J connectivity index is 0.000000187. The Morgan fingerprint density at radius 3 is 1.09 bits per heavy atom. The summed E-state index contributed by atoms with van der Waals surface area (Å²) in [5.41, 5.74) is 0. The topological polar surface area (TPSA) is 49.7 Å². The first-order chi connectivity index (χ1) is 5.41. The van der Waals surface area contributed by atoms with Gasteiger partial charge in [-0.2, -0.15) is 0 Å². The van der Waals surface area contributed by atoms with E-state index in [1.807, 2.05) is 36.4 Å². The first-order valence-corrected chi connectivity index (χ1v) is 3.21. The van der Waals surface area contributed by atoms with Crippen molar-refractivity contribution in [3.05, 3.63) is 36.4 Å². The molecule has 0 radical (unpaired) electrons. The van der Waals surface area contributed by atoms with Gasteiger partial charge in [-0.1, -0.05) is 36.4 Å². The van der Waals surface area contributed by atoms with Crippen molar-refractivity contribution in [3.8, 4) is 0 Å². The van der Waals surface area contributed by atoms with Gasteiger partial charge < -0.3 is 14.6 Å². The highest BCUT2D eigenvalue weighted by molar-refractivity contribution is 6.32. The van der Waals surface area contributed by atoms with E-state index in [0.717, 1.165) is 0 Å². The molecule has 5 heteroatoms. The summed E-state index contributed by atoms with van der Waals surface area (Å²) in [6, 6.07) is 12.0. The van der Waals surface area contributed by atoms with Gasteiger partial charge in [-0.15, -0.1) is 0 Å². The van der Waals surface area contributed by atoms with Crippen LogP contribution in [0.2, 0.25) is 0 Å². The van der Waals surface area contributed by atoms with Gasteiger partial charge >= 0.3 is 15.4 Å². The molecule has 11 heavy (non-hydrogen) atoms. The molecule has 1 rings (SSSR count). The van der Waals surface area contributed by atoms with Gasteiger partial charge in [0.25, 0.3) is 0 Å². The molecule has 0 atom stereocenters. The minimum absolute atomic E-state index is 0.406. The lowest BCUT2D eigenvalue weighted by atomic mass is 10.3. The fraction of sp³-hybridized carbons (Fsp3) is 0. The molecule has 1 aromatic rings. The zero-order valence-corrected chi connectivity index (χ0v) is 6.18. The van der Waals surface area contributed by atoms with Crippen LogP contribution in [0.3, 0.4) is 0 Å². The highest BCUT2D eigenvalue weighted by Crippen LogP contribution is 1.79. The van der Waals surface area contributed by atoms with Crippen LogP contribution in [-0.4, -0.2) is 25.4 Å². The lowest BCUT2D eigenvalue weighted by molar-refractivity contribution is 0.408. The van der Waals surface area contributed by atoms with Crippen LogP contribution in [0, 0.1) is 0 Å². The predicted molar refractivity (Wildman–Crippen MR) is 46.3 cm³/mol. The SMILES string of the molecule is OBOBO.c1ccccc1. The van der Waals surface area contributed by atoms with Crippen LogP contribution in [0.5, 0.6) is 0 Å². The Morgan fingerprint density at radius 2 is 1.00 bits per heavy atom. The summed E-state index contributed by atoms with van der Waals surface area (Å²) < 4.78 is 3.94. The van der Waals surface area contributed by atoms with Crippen molar-refractivity contribution in [2.24, 2.45) is 0 Å². The number of benzene rings is 1. The van der Waals surface area contributed by atoms with E-state index in [0.29, 0.717) is 0 Å². The van der Waals surface area contributed by atoms with Crippen molar-refractivity contribution in [2.75, 3.05) is 0 Å². The van der Waals surface area contributed by atoms with Crippen molar-refractivity contribution in [2.45, 2.75) is 0 Å². The van der Waals surface area contributed by atoms with E-state index in [2.05, 4.69) is 4.57 Å². The second kappa shape index (κ2) is 9.23. The third-order valence-electron chi connectivity index (χ3n) is 0.849. The van der Waals surface area contributed by atoms with E-state index in [-0.39, 0.29) is 0 Å². The zero-order valence-electron chi connectivity index (χ0n) is 6.18. The van der Waals surface area contributed by atoms with E-state index in [9.17, 15) is 0 Å². The zero-order chi connectivity index (χ0) is 8.36. The van der Waals surface area contributed by atoms with Crippen molar-refractivity contribution < 1.29 is 14.6 Å². The molecule has 1 aromatic carbocycles. The highest BCUT2D eigenvalue weighted by atomic mass is 16.5. The summed E-state index contributed by atoms with van der Waals surface area (Å²) in [7, 11) is -0.812. The van der Waals surface area contributed by atoms with Gasteiger partial charge in [0, 0.05) is 0 Å². The lowest BCUT2D eigenvalue weighted by Crippen LogP contribution is -2.00. The molecule has 58 valence electrons. The van der Waals surface area contributed by atoms with Gasteiger partial charge in [0.05, 0.1) is 0 Å². The van der Waals surface area contributed by atoms with Crippen LogP contribution < -0.4 is 0 Å². The Bertz CT molecular complexity index is 119. The maximum absolute atomic E-state index is 7.68. The quantitative estimate of drug-likeness (QED) is 0.545. The van der Waals surface area contributed by atoms with Crippen LogP contribution in [0.1, 0.15) is 0 Å². The maximum Gasteiger partial charge on any atom is 0.421 e. The summed E-state index contributed by atoms with van der Waals surface area (Å²) in [5, 5.41) is 15.4. The van der Waals surface area contributed by atoms with Gasteiger partial charge in [0.15, 0.2) is 0 Å². The Kier molecular flexibility index (Phi) is 8.58.